The Morgan fingerprint density at radius 1 is 1.20 bits per heavy atom. The Morgan fingerprint density at radius 2 is 1.90 bits per heavy atom. The number of fused-ring (bicyclic) bond motifs is 1. The zero-order valence-electron chi connectivity index (χ0n) is 11.2. The molecule has 0 aliphatic carbocycles. The van der Waals surface area contributed by atoms with Crippen molar-refractivity contribution in [3.63, 3.8) is 0 Å². The summed E-state index contributed by atoms with van der Waals surface area (Å²) < 4.78 is 48.2. The highest BCUT2D eigenvalue weighted by Gasteiger charge is 2.26. The van der Waals surface area contributed by atoms with E-state index in [1.807, 2.05) is 6.92 Å². The van der Waals surface area contributed by atoms with Crippen LogP contribution in [0.15, 0.2) is 23.1 Å². The van der Waals surface area contributed by atoms with Gasteiger partial charge in [-0.25, -0.2) is 22.0 Å². The lowest BCUT2D eigenvalue weighted by Gasteiger charge is -2.28. The van der Waals surface area contributed by atoms with Crippen LogP contribution in [0.25, 0.3) is 0 Å². The van der Waals surface area contributed by atoms with E-state index in [-0.39, 0.29) is 17.2 Å². The lowest BCUT2D eigenvalue weighted by molar-refractivity contribution is 0.390. The standard InChI is InChI=1S/C12H18N2O4S2/c1-2-7-19(15,16)14-6-5-10-3-4-12(20(13,17)18)8-11(10)9-14/h3-4,8H,2,5-7,9H2,1H3,(H2,13,17,18). The maximum Gasteiger partial charge on any atom is 0.238 e. The van der Waals surface area contributed by atoms with Gasteiger partial charge < -0.3 is 0 Å². The van der Waals surface area contributed by atoms with Gasteiger partial charge in [0.25, 0.3) is 0 Å². The fourth-order valence-electron chi connectivity index (χ4n) is 2.31. The minimum atomic E-state index is -3.77. The number of primary sulfonamides is 1. The molecule has 0 atom stereocenters. The number of sulfonamides is 2. The summed E-state index contributed by atoms with van der Waals surface area (Å²) in [7, 11) is -7.04. The molecule has 1 heterocycles. The Bertz CT molecular complexity index is 711. The van der Waals surface area contributed by atoms with Crippen LogP contribution >= 0.6 is 0 Å². The first kappa shape index (κ1) is 15.4. The molecule has 6 nitrogen and oxygen atoms in total. The Morgan fingerprint density at radius 3 is 2.50 bits per heavy atom. The summed E-state index contributed by atoms with van der Waals surface area (Å²) in [5, 5.41) is 5.10. The lowest BCUT2D eigenvalue weighted by Crippen LogP contribution is -2.37. The topological polar surface area (TPSA) is 97.5 Å². The molecule has 0 aromatic heterocycles. The molecule has 0 fully saturated rings. The van der Waals surface area contributed by atoms with Crippen molar-refractivity contribution in [2.45, 2.75) is 31.2 Å². The summed E-state index contributed by atoms with van der Waals surface area (Å²) >= 11 is 0. The molecule has 1 aromatic rings. The van der Waals surface area contributed by atoms with Gasteiger partial charge in [-0.15, -0.1) is 0 Å². The largest absolute Gasteiger partial charge is 0.238 e. The van der Waals surface area contributed by atoms with Gasteiger partial charge in [-0.2, -0.15) is 4.31 Å². The normalized spacial score (nSPS) is 16.9. The van der Waals surface area contributed by atoms with Gasteiger partial charge in [0.05, 0.1) is 10.6 Å². The highest BCUT2D eigenvalue weighted by atomic mass is 32.2. The van der Waals surface area contributed by atoms with Crippen LogP contribution in [0.3, 0.4) is 0 Å². The van der Waals surface area contributed by atoms with Crippen molar-refractivity contribution in [2.24, 2.45) is 5.14 Å². The summed E-state index contributed by atoms with van der Waals surface area (Å²) in [4.78, 5) is 0.0194. The van der Waals surface area contributed by atoms with Gasteiger partial charge in [0.1, 0.15) is 0 Å². The van der Waals surface area contributed by atoms with Crippen LogP contribution in [0.1, 0.15) is 24.5 Å². The summed E-state index contributed by atoms with van der Waals surface area (Å²) in [6, 6.07) is 4.64. The van der Waals surface area contributed by atoms with Crippen molar-refractivity contribution < 1.29 is 16.8 Å². The van der Waals surface area contributed by atoms with Crippen LogP contribution in [0, 0.1) is 0 Å². The molecule has 8 heteroatoms. The zero-order valence-corrected chi connectivity index (χ0v) is 12.9. The smallest absolute Gasteiger partial charge is 0.225 e. The molecule has 2 N–H and O–H groups in total. The zero-order chi connectivity index (χ0) is 15.0. The Balaban J connectivity index is 2.34. The van der Waals surface area contributed by atoms with Crippen LogP contribution in [0.5, 0.6) is 0 Å². The summed E-state index contributed by atoms with van der Waals surface area (Å²) in [5.74, 6) is 0.108. The number of hydrogen-bond donors (Lipinski definition) is 1. The van der Waals surface area contributed by atoms with Crippen molar-refractivity contribution in [3.05, 3.63) is 29.3 Å². The average molecular weight is 318 g/mol. The first-order valence-corrected chi connectivity index (χ1v) is 9.52. The molecule has 2 rings (SSSR count). The van der Waals surface area contributed by atoms with Gasteiger partial charge >= 0.3 is 0 Å². The van der Waals surface area contributed by atoms with Crippen molar-refractivity contribution in [1.29, 1.82) is 0 Å². The molecule has 0 unspecified atom stereocenters. The van der Waals surface area contributed by atoms with E-state index >= 15 is 0 Å². The van der Waals surface area contributed by atoms with Crippen LogP contribution in [0.2, 0.25) is 0 Å². The molecule has 0 radical (unpaired) electrons. The second-order valence-electron chi connectivity index (χ2n) is 4.88. The molecule has 112 valence electrons. The van der Waals surface area contributed by atoms with E-state index in [2.05, 4.69) is 0 Å². The fraction of sp³-hybridized carbons (Fsp3) is 0.500. The quantitative estimate of drug-likeness (QED) is 0.870. The summed E-state index contributed by atoms with van der Waals surface area (Å²) in [5.41, 5.74) is 1.68. The average Bonchev–Trinajstić information content (AvgIpc) is 2.36. The van der Waals surface area contributed by atoms with Gasteiger partial charge in [0.2, 0.25) is 20.0 Å². The molecule has 0 bridgehead atoms. The Hall–Kier alpha value is -0.960. The van der Waals surface area contributed by atoms with E-state index in [1.165, 1.54) is 16.4 Å². The van der Waals surface area contributed by atoms with E-state index in [1.54, 1.807) is 6.07 Å². The fourth-order valence-corrected chi connectivity index (χ4v) is 4.35. The van der Waals surface area contributed by atoms with Crippen LogP contribution in [-0.4, -0.2) is 33.4 Å². The van der Waals surface area contributed by atoms with E-state index < -0.39 is 20.0 Å². The van der Waals surface area contributed by atoms with Gasteiger partial charge in [-0.1, -0.05) is 13.0 Å². The maximum atomic E-state index is 12.1. The maximum absolute atomic E-state index is 12.1. The second kappa shape index (κ2) is 5.44. The van der Waals surface area contributed by atoms with Crippen molar-refractivity contribution in [2.75, 3.05) is 12.3 Å². The molecule has 0 saturated heterocycles. The molecular weight excluding hydrogens is 300 g/mol. The molecule has 0 amide bonds. The van der Waals surface area contributed by atoms with Gasteiger partial charge in [0.15, 0.2) is 0 Å². The predicted octanol–water partition coefficient (Wildman–Crippen LogP) is 0.432. The van der Waals surface area contributed by atoms with E-state index in [9.17, 15) is 16.8 Å². The minimum Gasteiger partial charge on any atom is -0.225 e. The van der Waals surface area contributed by atoms with Gasteiger partial charge in [0, 0.05) is 13.1 Å². The molecule has 1 aliphatic rings. The SMILES string of the molecule is CCCS(=O)(=O)N1CCc2ccc(S(N)(=O)=O)cc2C1. The Kier molecular flexibility index (Phi) is 4.19. The number of hydrogen-bond acceptors (Lipinski definition) is 4. The third kappa shape index (κ3) is 3.20. The molecule has 0 saturated carbocycles. The van der Waals surface area contributed by atoms with Gasteiger partial charge in [-0.05, 0) is 36.1 Å². The molecule has 0 spiro atoms. The number of nitrogens with two attached hydrogens (primary N) is 1. The molecular formula is C12H18N2O4S2. The third-order valence-corrected chi connectivity index (χ3v) is 6.27. The first-order chi connectivity index (χ1) is 9.24. The van der Waals surface area contributed by atoms with Gasteiger partial charge in [-0.3, -0.25) is 0 Å². The predicted molar refractivity (Wildman–Crippen MR) is 76.0 cm³/mol. The number of rotatable bonds is 4. The van der Waals surface area contributed by atoms with Crippen molar-refractivity contribution in [1.82, 2.24) is 4.31 Å². The highest BCUT2D eigenvalue weighted by molar-refractivity contribution is 7.89. The van der Waals surface area contributed by atoms with E-state index in [4.69, 9.17) is 5.14 Å². The number of nitrogens with zero attached hydrogens (tertiary/aromatic N) is 1. The summed E-state index contributed by atoms with van der Waals surface area (Å²) in [6.07, 6.45) is 1.14. The van der Waals surface area contributed by atoms with Crippen LogP contribution in [0.4, 0.5) is 0 Å². The van der Waals surface area contributed by atoms with E-state index in [0.717, 1.165) is 5.56 Å². The van der Waals surface area contributed by atoms with Crippen molar-refractivity contribution >= 4 is 20.0 Å². The second-order valence-corrected chi connectivity index (χ2v) is 8.52. The highest BCUT2D eigenvalue weighted by Crippen LogP contribution is 2.24. The summed E-state index contributed by atoms with van der Waals surface area (Å²) in [6.45, 7) is 2.46. The molecule has 1 aromatic carbocycles. The van der Waals surface area contributed by atoms with Crippen LogP contribution < -0.4 is 5.14 Å². The third-order valence-electron chi connectivity index (χ3n) is 3.34. The van der Waals surface area contributed by atoms with Crippen molar-refractivity contribution in [3.8, 4) is 0 Å². The minimum absolute atomic E-state index is 0.0194. The van der Waals surface area contributed by atoms with Crippen LogP contribution in [-0.2, 0) is 33.0 Å². The number of benzene rings is 1. The monoisotopic (exact) mass is 318 g/mol. The molecule has 1 aliphatic heterocycles. The van der Waals surface area contributed by atoms with E-state index in [0.29, 0.717) is 24.9 Å². The lowest BCUT2D eigenvalue weighted by atomic mass is 10.0. The Labute approximate surface area is 119 Å². The first-order valence-electron chi connectivity index (χ1n) is 6.36. The molecule has 20 heavy (non-hydrogen) atoms.